The van der Waals surface area contributed by atoms with Crippen LogP contribution in [0.3, 0.4) is 0 Å². The van der Waals surface area contributed by atoms with Gasteiger partial charge >= 0.3 is 0 Å². The van der Waals surface area contributed by atoms with E-state index in [1.165, 1.54) is 0 Å². The molecule has 0 saturated carbocycles. The normalized spacial score (nSPS) is 20.1. The Morgan fingerprint density at radius 2 is 1.68 bits per heavy atom. The predicted octanol–water partition coefficient (Wildman–Crippen LogP) is 2.30. The highest BCUT2D eigenvalue weighted by Crippen LogP contribution is 2.38. The molecule has 2 N–H and O–H groups in total. The molecule has 3 rings (SSSR count). The first kappa shape index (κ1) is 17.3. The molecule has 0 radical (unpaired) electrons. The zero-order chi connectivity index (χ0) is 18.0. The van der Waals surface area contributed by atoms with Gasteiger partial charge in [-0.2, -0.15) is 0 Å². The Labute approximate surface area is 146 Å². The number of hydrogen-bond donors (Lipinski definition) is 2. The maximum Gasteiger partial charge on any atom is 0.240 e. The number of carbonyl (C=O) groups is 2. The van der Waals surface area contributed by atoms with Gasteiger partial charge < -0.3 is 15.1 Å². The highest BCUT2D eigenvalue weighted by molar-refractivity contribution is 6.19. The number of nitrogens with zero attached hydrogens (tertiary/aromatic N) is 1. The summed E-state index contributed by atoms with van der Waals surface area (Å²) in [6.45, 7) is 1.76. The number of hydrogen-bond acceptors (Lipinski definition) is 4. The van der Waals surface area contributed by atoms with Crippen LogP contribution in [0.4, 0.5) is 5.69 Å². The first-order valence-corrected chi connectivity index (χ1v) is 8.26. The molecule has 25 heavy (non-hydrogen) atoms. The van der Waals surface area contributed by atoms with Crippen molar-refractivity contribution in [3.8, 4) is 0 Å². The highest BCUT2D eigenvalue weighted by Gasteiger charge is 2.49. The van der Waals surface area contributed by atoms with Gasteiger partial charge in [0, 0.05) is 17.8 Å². The lowest BCUT2D eigenvalue weighted by Crippen LogP contribution is -2.38. The Morgan fingerprint density at radius 1 is 1.08 bits per heavy atom. The molecule has 1 saturated heterocycles. The lowest BCUT2D eigenvalue weighted by Gasteiger charge is -2.23. The van der Waals surface area contributed by atoms with Crippen LogP contribution in [0.25, 0.3) is 0 Å². The number of Topliss-reactive ketones (excluding diaryl/α,β-unsaturated/α-hetero) is 1. The molecule has 0 aromatic heterocycles. The predicted molar refractivity (Wildman–Crippen MR) is 94.1 cm³/mol. The summed E-state index contributed by atoms with van der Waals surface area (Å²) < 4.78 is 0. The van der Waals surface area contributed by atoms with Crippen molar-refractivity contribution in [3.05, 3.63) is 65.2 Å². The van der Waals surface area contributed by atoms with Crippen molar-refractivity contribution in [2.45, 2.75) is 26.6 Å². The van der Waals surface area contributed by atoms with E-state index in [1.54, 1.807) is 54.3 Å². The fourth-order valence-corrected chi connectivity index (χ4v) is 3.29. The van der Waals surface area contributed by atoms with Crippen molar-refractivity contribution in [1.82, 2.24) is 0 Å². The number of aliphatic hydroxyl groups excluding tert-OH is 2. The lowest BCUT2D eigenvalue weighted by atomic mass is 9.81. The Morgan fingerprint density at radius 3 is 2.24 bits per heavy atom. The standard InChI is InChI=1S/C20H21NO4/c1-20(18(24)16-5-3-2-4-6-16)7-8-21(19(20)25)17-10-14(12-22)9-15(11-17)13-23/h2-6,9-11,22-23H,7-8,12-13H2,1H3/t20-/m0/s1. The lowest BCUT2D eigenvalue weighted by molar-refractivity contribution is -0.122. The van der Waals surface area contributed by atoms with Gasteiger partial charge in [-0.1, -0.05) is 36.4 Å². The monoisotopic (exact) mass is 339 g/mol. The fraction of sp³-hybridized carbons (Fsp3) is 0.300. The van der Waals surface area contributed by atoms with Crippen LogP contribution in [0.2, 0.25) is 0 Å². The highest BCUT2D eigenvalue weighted by atomic mass is 16.3. The molecular formula is C20H21NO4. The van der Waals surface area contributed by atoms with E-state index in [-0.39, 0.29) is 24.9 Å². The van der Waals surface area contributed by atoms with Crippen molar-refractivity contribution in [2.24, 2.45) is 5.41 Å². The SMILES string of the molecule is C[C@@]1(C(=O)c2ccccc2)CCN(c2cc(CO)cc(CO)c2)C1=O. The molecular weight excluding hydrogens is 318 g/mol. The summed E-state index contributed by atoms with van der Waals surface area (Å²) in [7, 11) is 0. The summed E-state index contributed by atoms with van der Waals surface area (Å²) in [5.41, 5.74) is 1.27. The second-order valence-corrected chi connectivity index (χ2v) is 6.56. The molecule has 1 heterocycles. The summed E-state index contributed by atoms with van der Waals surface area (Å²) in [4.78, 5) is 27.5. The van der Waals surface area contributed by atoms with E-state index in [0.717, 1.165) is 0 Å². The topological polar surface area (TPSA) is 77.8 Å². The number of benzene rings is 2. The number of amides is 1. The minimum Gasteiger partial charge on any atom is -0.392 e. The second-order valence-electron chi connectivity index (χ2n) is 6.56. The summed E-state index contributed by atoms with van der Waals surface area (Å²) in [5, 5.41) is 18.8. The minimum absolute atomic E-state index is 0.177. The van der Waals surface area contributed by atoms with E-state index in [2.05, 4.69) is 0 Å². The van der Waals surface area contributed by atoms with Crippen molar-refractivity contribution in [1.29, 1.82) is 0 Å². The molecule has 0 aliphatic carbocycles. The summed E-state index contributed by atoms with van der Waals surface area (Å²) in [6.07, 6.45) is 0.428. The van der Waals surface area contributed by atoms with E-state index < -0.39 is 5.41 Å². The average molecular weight is 339 g/mol. The van der Waals surface area contributed by atoms with Gasteiger partial charge in [0.15, 0.2) is 5.78 Å². The third-order valence-corrected chi connectivity index (χ3v) is 4.80. The van der Waals surface area contributed by atoms with Gasteiger partial charge in [-0.3, -0.25) is 9.59 Å². The van der Waals surface area contributed by atoms with E-state index in [9.17, 15) is 19.8 Å². The van der Waals surface area contributed by atoms with Gasteiger partial charge in [0.05, 0.1) is 13.2 Å². The average Bonchev–Trinajstić information content (AvgIpc) is 2.97. The number of carbonyl (C=O) groups excluding carboxylic acids is 2. The molecule has 2 aromatic carbocycles. The first-order chi connectivity index (χ1) is 12.0. The van der Waals surface area contributed by atoms with Crippen LogP contribution in [0.5, 0.6) is 0 Å². The molecule has 5 heteroatoms. The van der Waals surface area contributed by atoms with Crippen molar-refractivity contribution >= 4 is 17.4 Å². The van der Waals surface area contributed by atoms with Crippen molar-refractivity contribution in [2.75, 3.05) is 11.4 Å². The van der Waals surface area contributed by atoms with Crippen LogP contribution in [0.15, 0.2) is 48.5 Å². The molecule has 0 unspecified atom stereocenters. The number of aliphatic hydroxyl groups is 2. The number of anilines is 1. The smallest absolute Gasteiger partial charge is 0.240 e. The molecule has 2 aromatic rings. The third-order valence-electron chi connectivity index (χ3n) is 4.80. The quantitative estimate of drug-likeness (QED) is 0.647. The third kappa shape index (κ3) is 3.08. The van der Waals surface area contributed by atoms with Gasteiger partial charge in [-0.15, -0.1) is 0 Å². The molecule has 1 aliphatic rings. The molecule has 1 fully saturated rings. The van der Waals surface area contributed by atoms with Crippen LogP contribution in [-0.2, 0) is 18.0 Å². The van der Waals surface area contributed by atoms with E-state index in [1.807, 2.05) is 6.07 Å². The second kappa shape index (κ2) is 6.78. The first-order valence-electron chi connectivity index (χ1n) is 8.26. The number of ketones is 1. The maximum absolute atomic E-state index is 13.0. The van der Waals surface area contributed by atoms with Gasteiger partial charge in [0.25, 0.3) is 0 Å². The fourth-order valence-electron chi connectivity index (χ4n) is 3.29. The van der Waals surface area contributed by atoms with Gasteiger partial charge in [-0.25, -0.2) is 0 Å². The molecule has 1 atom stereocenters. The Bertz CT molecular complexity index is 780. The van der Waals surface area contributed by atoms with Crippen molar-refractivity contribution in [3.63, 3.8) is 0 Å². The summed E-state index contributed by atoms with van der Waals surface area (Å²) in [5.74, 6) is -0.429. The van der Waals surface area contributed by atoms with E-state index in [4.69, 9.17) is 0 Å². The van der Waals surface area contributed by atoms with E-state index >= 15 is 0 Å². The van der Waals surface area contributed by atoms with Gasteiger partial charge in [-0.05, 0) is 36.6 Å². The van der Waals surface area contributed by atoms with Crippen LogP contribution < -0.4 is 4.90 Å². The molecule has 1 aliphatic heterocycles. The van der Waals surface area contributed by atoms with E-state index in [0.29, 0.717) is 35.3 Å². The molecule has 5 nitrogen and oxygen atoms in total. The maximum atomic E-state index is 13.0. The molecule has 0 bridgehead atoms. The Kier molecular flexibility index (Phi) is 4.70. The molecule has 1 amide bonds. The van der Waals surface area contributed by atoms with Gasteiger partial charge in [0.1, 0.15) is 5.41 Å². The largest absolute Gasteiger partial charge is 0.392 e. The van der Waals surface area contributed by atoms with Gasteiger partial charge in [0.2, 0.25) is 5.91 Å². The van der Waals surface area contributed by atoms with Crippen LogP contribution >= 0.6 is 0 Å². The van der Waals surface area contributed by atoms with Crippen LogP contribution in [0, 0.1) is 5.41 Å². The molecule has 130 valence electrons. The zero-order valence-corrected chi connectivity index (χ0v) is 14.1. The Hall–Kier alpha value is -2.50. The zero-order valence-electron chi connectivity index (χ0n) is 14.1. The number of rotatable bonds is 5. The summed E-state index contributed by atoms with van der Waals surface area (Å²) in [6, 6.07) is 14.0. The van der Waals surface area contributed by atoms with Crippen molar-refractivity contribution < 1.29 is 19.8 Å². The minimum atomic E-state index is -1.10. The Balaban J connectivity index is 1.93. The molecule has 0 spiro atoms. The summed E-state index contributed by atoms with van der Waals surface area (Å²) >= 11 is 0. The van der Waals surface area contributed by atoms with Crippen LogP contribution in [-0.4, -0.2) is 28.4 Å². The van der Waals surface area contributed by atoms with Crippen LogP contribution in [0.1, 0.15) is 34.8 Å².